The highest BCUT2D eigenvalue weighted by Gasteiger charge is 2.22. The summed E-state index contributed by atoms with van der Waals surface area (Å²) in [5.41, 5.74) is 3.40. The lowest BCUT2D eigenvalue weighted by Crippen LogP contribution is -2.13. The molecule has 0 spiro atoms. The van der Waals surface area contributed by atoms with Gasteiger partial charge in [-0.3, -0.25) is 0 Å². The predicted octanol–water partition coefficient (Wildman–Crippen LogP) is 8.37. The maximum atomic E-state index is 14.5. The van der Waals surface area contributed by atoms with E-state index in [-0.39, 0.29) is 5.56 Å². The molecule has 1 fully saturated rings. The van der Waals surface area contributed by atoms with Gasteiger partial charge in [0.05, 0.1) is 0 Å². The van der Waals surface area contributed by atoms with Crippen molar-refractivity contribution in [2.45, 2.75) is 71.1 Å². The predicted molar refractivity (Wildman–Crippen MR) is 123 cm³/mol. The monoisotopic (exact) mass is 406 g/mol. The van der Waals surface area contributed by atoms with Gasteiger partial charge in [-0.15, -0.1) is 0 Å². The van der Waals surface area contributed by atoms with Crippen molar-refractivity contribution >= 4 is 5.83 Å². The van der Waals surface area contributed by atoms with Crippen LogP contribution in [0.2, 0.25) is 0 Å². The van der Waals surface area contributed by atoms with Crippen LogP contribution in [0.5, 0.6) is 0 Å². The first-order chi connectivity index (χ1) is 14.6. The standard InChI is InChI=1S/C28H32F2/c1-3-5-21-7-9-23(10-8-21)13-20-27(29)28(30)26-18-16-25(17-19-26)24-14-11-22(6-4-2)12-15-24/h7-10,16-19,22,24H,3-6,11-12,14-15H2,1-2H3/b28-27+/t22-,24-. The second kappa shape index (κ2) is 11.1. The molecule has 2 heteroatoms. The zero-order valence-corrected chi connectivity index (χ0v) is 18.2. The van der Waals surface area contributed by atoms with Gasteiger partial charge in [0.2, 0.25) is 5.83 Å². The summed E-state index contributed by atoms with van der Waals surface area (Å²) >= 11 is 0. The summed E-state index contributed by atoms with van der Waals surface area (Å²) in [5, 5.41) is 0. The van der Waals surface area contributed by atoms with Crippen LogP contribution >= 0.6 is 0 Å². The van der Waals surface area contributed by atoms with Gasteiger partial charge in [0.25, 0.3) is 0 Å². The smallest absolute Gasteiger partial charge is 0.202 e. The number of rotatable bonds is 6. The normalized spacial score (nSPS) is 19.6. The second-order valence-corrected chi connectivity index (χ2v) is 8.45. The van der Waals surface area contributed by atoms with E-state index < -0.39 is 11.7 Å². The van der Waals surface area contributed by atoms with Crippen molar-refractivity contribution in [2.75, 3.05) is 0 Å². The first-order valence-electron chi connectivity index (χ1n) is 11.4. The molecule has 0 nitrogen and oxygen atoms in total. The third kappa shape index (κ3) is 6.05. The van der Waals surface area contributed by atoms with E-state index in [1.807, 2.05) is 36.4 Å². The number of hydrogen-bond acceptors (Lipinski definition) is 0. The van der Waals surface area contributed by atoms with Gasteiger partial charge < -0.3 is 0 Å². The Morgan fingerprint density at radius 2 is 1.53 bits per heavy atom. The average molecular weight is 407 g/mol. The zero-order valence-electron chi connectivity index (χ0n) is 18.2. The molecule has 1 aliphatic carbocycles. The van der Waals surface area contributed by atoms with Crippen LogP contribution in [0.15, 0.2) is 54.4 Å². The summed E-state index contributed by atoms with van der Waals surface area (Å²) in [6.07, 6.45) is 9.60. The maximum Gasteiger partial charge on any atom is 0.209 e. The summed E-state index contributed by atoms with van der Waals surface area (Å²) < 4.78 is 28.8. The lowest BCUT2D eigenvalue weighted by atomic mass is 9.77. The van der Waals surface area contributed by atoms with E-state index in [9.17, 15) is 8.78 Å². The van der Waals surface area contributed by atoms with Crippen molar-refractivity contribution in [1.82, 2.24) is 0 Å². The Hall–Kier alpha value is -2.40. The molecule has 158 valence electrons. The van der Waals surface area contributed by atoms with E-state index in [2.05, 4.69) is 25.7 Å². The first kappa shape index (κ1) is 22.3. The maximum absolute atomic E-state index is 14.5. The summed E-state index contributed by atoms with van der Waals surface area (Å²) in [5.74, 6) is 4.55. The van der Waals surface area contributed by atoms with Crippen LogP contribution in [0.4, 0.5) is 8.78 Å². The van der Waals surface area contributed by atoms with Crippen LogP contribution in [0.25, 0.3) is 5.83 Å². The van der Waals surface area contributed by atoms with Gasteiger partial charge in [0, 0.05) is 11.1 Å². The van der Waals surface area contributed by atoms with Gasteiger partial charge in [-0.25, -0.2) is 4.39 Å². The second-order valence-electron chi connectivity index (χ2n) is 8.45. The van der Waals surface area contributed by atoms with Crippen LogP contribution in [-0.2, 0) is 6.42 Å². The molecule has 0 unspecified atom stereocenters. The van der Waals surface area contributed by atoms with Crippen molar-refractivity contribution < 1.29 is 8.78 Å². The number of halogens is 2. The molecule has 0 bridgehead atoms. The van der Waals surface area contributed by atoms with Crippen molar-refractivity contribution in [1.29, 1.82) is 0 Å². The molecule has 0 atom stereocenters. The quantitative estimate of drug-likeness (QED) is 0.423. The third-order valence-corrected chi connectivity index (χ3v) is 6.18. The van der Waals surface area contributed by atoms with Crippen LogP contribution < -0.4 is 0 Å². The minimum atomic E-state index is -1.01. The molecular weight excluding hydrogens is 374 g/mol. The molecule has 0 heterocycles. The minimum Gasteiger partial charge on any atom is -0.202 e. The van der Waals surface area contributed by atoms with E-state index in [1.54, 1.807) is 12.1 Å². The van der Waals surface area contributed by atoms with Crippen LogP contribution in [-0.4, -0.2) is 0 Å². The molecular formula is C28H32F2. The van der Waals surface area contributed by atoms with Crippen molar-refractivity contribution in [3.05, 3.63) is 76.6 Å². The van der Waals surface area contributed by atoms with E-state index >= 15 is 0 Å². The molecule has 0 aromatic heterocycles. The lowest BCUT2D eigenvalue weighted by molar-refractivity contribution is 0.308. The Labute approximate surface area is 180 Å². The molecule has 2 aromatic rings. The Morgan fingerprint density at radius 1 is 0.867 bits per heavy atom. The van der Waals surface area contributed by atoms with Crippen molar-refractivity contribution in [2.24, 2.45) is 5.92 Å². The van der Waals surface area contributed by atoms with E-state index in [1.165, 1.54) is 49.7 Å². The van der Waals surface area contributed by atoms with Crippen LogP contribution in [0.1, 0.15) is 87.0 Å². The van der Waals surface area contributed by atoms with Crippen molar-refractivity contribution in [3.8, 4) is 11.8 Å². The first-order valence-corrected chi connectivity index (χ1v) is 11.4. The molecule has 0 aliphatic heterocycles. The van der Waals surface area contributed by atoms with Gasteiger partial charge in [-0.2, -0.15) is 4.39 Å². The molecule has 2 aromatic carbocycles. The summed E-state index contributed by atoms with van der Waals surface area (Å²) in [6, 6.07) is 15.0. The average Bonchev–Trinajstić information content (AvgIpc) is 2.79. The van der Waals surface area contributed by atoms with Crippen LogP contribution in [0.3, 0.4) is 0 Å². The van der Waals surface area contributed by atoms with E-state index in [4.69, 9.17) is 0 Å². The molecule has 30 heavy (non-hydrogen) atoms. The molecule has 1 aliphatic rings. The molecule has 1 saturated carbocycles. The SMILES string of the molecule is CCCc1ccc(C#C/C(F)=C(\F)c2ccc([C@H]3CC[C@H](CCC)CC3)cc2)cc1. The largest absolute Gasteiger partial charge is 0.209 e. The topological polar surface area (TPSA) is 0 Å². The Balaban J connectivity index is 1.64. The Bertz CT molecular complexity index is 886. The fourth-order valence-corrected chi connectivity index (χ4v) is 4.45. The number of allylic oxidation sites excluding steroid dienone is 1. The summed E-state index contributed by atoms with van der Waals surface area (Å²) in [7, 11) is 0. The molecule has 3 rings (SSSR count). The summed E-state index contributed by atoms with van der Waals surface area (Å²) in [4.78, 5) is 0. The van der Waals surface area contributed by atoms with Gasteiger partial charge >= 0.3 is 0 Å². The van der Waals surface area contributed by atoms with E-state index in [0.717, 1.165) is 18.8 Å². The highest BCUT2D eigenvalue weighted by atomic mass is 19.2. The third-order valence-electron chi connectivity index (χ3n) is 6.18. The number of aryl methyl sites for hydroxylation is 1. The molecule has 0 amide bonds. The number of benzene rings is 2. The molecule has 0 radical (unpaired) electrons. The fraction of sp³-hybridized carbons (Fsp3) is 0.429. The van der Waals surface area contributed by atoms with Crippen LogP contribution in [0, 0.1) is 17.8 Å². The molecule has 0 N–H and O–H groups in total. The fourth-order valence-electron chi connectivity index (χ4n) is 4.45. The highest BCUT2D eigenvalue weighted by Crippen LogP contribution is 2.37. The highest BCUT2D eigenvalue weighted by molar-refractivity contribution is 5.65. The lowest BCUT2D eigenvalue weighted by Gasteiger charge is -2.28. The Morgan fingerprint density at radius 3 is 2.13 bits per heavy atom. The summed E-state index contributed by atoms with van der Waals surface area (Å²) in [6.45, 7) is 4.38. The minimum absolute atomic E-state index is 0.253. The van der Waals surface area contributed by atoms with Gasteiger partial charge in [-0.05, 0) is 73.1 Å². The number of hydrogen-bond donors (Lipinski definition) is 0. The van der Waals surface area contributed by atoms with Gasteiger partial charge in [0.15, 0.2) is 5.83 Å². The van der Waals surface area contributed by atoms with E-state index in [0.29, 0.717) is 11.5 Å². The Kier molecular flexibility index (Phi) is 8.26. The zero-order chi connectivity index (χ0) is 21.3. The van der Waals surface area contributed by atoms with Gasteiger partial charge in [-0.1, -0.05) is 75.4 Å². The van der Waals surface area contributed by atoms with Crippen molar-refractivity contribution in [3.63, 3.8) is 0 Å². The van der Waals surface area contributed by atoms with Gasteiger partial charge in [0.1, 0.15) is 0 Å². The molecule has 0 saturated heterocycles.